The van der Waals surface area contributed by atoms with Gasteiger partial charge in [-0.1, -0.05) is 6.42 Å². The van der Waals surface area contributed by atoms with Crippen LogP contribution >= 0.6 is 0 Å². The normalized spacial score (nSPS) is 21.1. The first kappa shape index (κ1) is 15.4. The summed E-state index contributed by atoms with van der Waals surface area (Å²) in [6.07, 6.45) is 8.49. The van der Waals surface area contributed by atoms with Crippen LogP contribution in [-0.2, 0) is 0 Å². The third kappa shape index (κ3) is 2.62. The fourth-order valence-corrected chi connectivity index (χ4v) is 3.82. The number of likely N-dealkylation sites (tertiary alicyclic amines) is 1. The molecule has 2 aliphatic rings. The van der Waals surface area contributed by atoms with Crippen LogP contribution in [0.15, 0.2) is 24.5 Å². The van der Waals surface area contributed by atoms with Gasteiger partial charge in [-0.05, 0) is 45.2 Å². The summed E-state index contributed by atoms with van der Waals surface area (Å²) in [6, 6.07) is 4.13. The van der Waals surface area contributed by atoms with E-state index in [0.717, 1.165) is 25.2 Å². The van der Waals surface area contributed by atoms with Crippen LogP contribution in [0.3, 0.4) is 0 Å². The van der Waals surface area contributed by atoms with Gasteiger partial charge in [-0.2, -0.15) is 0 Å². The van der Waals surface area contributed by atoms with Crippen LogP contribution in [0, 0.1) is 13.8 Å². The largest absolute Gasteiger partial charge is 0.336 e. The highest BCUT2D eigenvalue weighted by Crippen LogP contribution is 2.38. The smallest absolute Gasteiger partial charge is 0.255 e. The molecule has 5 heteroatoms. The summed E-state index contributed by atoms with van der Waals surface area (Å²) in [5, 5.41) is 0. The molecule has 24 heavy (non-hydrogen) atoms. The second-order valence-corrected chi connectivity index (χ2v) is 7.14. The molecule has 1 unspecified atom stereocenters. The van der Waals surface area contributed by atoms with E-state index in [4.69, 9.17) is 0 Å². The summed E-state index contributed by atoms with van der Waals surface area (Å²) in [5.41, 5.74) is 2.83. The van der Waals surface area contributed by atoms with E-state index >= 15 is 0 Å². The predicted octanol–water partition coefficient (Wildman–Crippen LogP) is 3.25. The molecule has 3 heterocycles. The average molecular weight is 324 g/mol. The number of nitrogens with zero attached hydrogens (tertiary/aromatic N) is 4. The number of amides is 1. The van der Waals surface area contributed by atoms with Gasteiger partial charge in [-0.15, -0.1) is 0 Å². The Kier molecular flexibility index (Phi) is 3.87. The lowest BCUT2D eigenvalue weighted by atomic mass is 9.84. The lowest BCUT2D eigenvalue weighted by molar-refractivity contribution is 0.0787. The number of imidazole rings is 1. The molecule has 5 nitrogen and oxygen atoms in total. The molecule has 1 aliphatic heterocycles. The number of carbonyl (C=O) groups excluding carboxylic acids is 1. The van der Waals surface area contributed by atoms with Crippen LogP contribution in [-0.4, -0.2) is 38.4 Å². The lowest BCUT2D eigenvalue weighted by Gasteiger charge is -2.28. The Morgan fingerprint density at radius 3 is 2.62 bits per heavy atom. The highest BCUT2D eigenvalue weighted by molar-refractivity contribution is 5.94. The predicted molar refractivity (Wildman–Crippen MR) is 92.1 cm³/mol. The van der Waals surface area contributed by atoms with Crippen LogP contribution in [0.2, 0.25) is 0 Å². The molecule has 126 valence electrons. The average Bonchev–Trinajstić information content (AvgIpc) is 3.13. The number of carbonyl (C=O) groups is 1. The molecule has 0 spiro atoms. The van der Waals surface area contributed by atoms with E-state index in [1.807, 2.05) is 30.2 Å². The fraction of sp³-hybridized carbons (Fsp3) is 0.526. The first-order chi connectivity index (χ1) is 11.6. The summed E-state index contributed by atoms with van der Waals surface area (Å²) in [4.78, 5) is 23.6. The van der Waals surface area contributed by atoms with Crippen molar-refractivity contribution in [2.75, 3.05) is 13.1 Å². The molecule has 2 aromatic rings. The number of rotatable bonds is 3. The summed E-state index contributed by atoms with van der Waals surface area (Å²) in [6.45, 7) is 5.64. The summed E-state index contributed by atoms with van der Waals surface area (Å²) >= 11 is 0. The van der Waals surface area contributed by atoms with Gasteiger partial charge in [-0.3, -0.25) is 9.78 Å². The Hall–Kier alpha value is -2.17. The third-order valence-electron chi connectivity index (χ3n) is 5.45. The number of hydrogen-bond acceptors (Lipinski definition) is 3. The molecule has 0 bridgehead atoms. The van der Waals surface area contributed by atoms with E-state index in [9.17, 15) is 4.79 Å². The standard InChI is InChI=1S/C19H24N4O/c1-13-6-7-16(11-20-13)19(24)22-9-8-17(12-22)23-14(2)10-21-18(23)15-4-3-5-15/h6-7,10-11,15,17H,3-5,8-9,12H2,1-2H3. The Morgan fingerprint density at radius 1 is 1.12 bits per heavy atom. The Labute approximate surface area is 142 Å². The highest BCUT2D eigenvalue weighted by Gasteiger charge is 2.33. The first-order valence-corrected chi connectivity index (χ1v) is 8.89. The Morgan fingerprint density at radius 2 is 1.96 bits per heavy atom. The molecule has 1 aliphatic carbocycles. The van der Waals surface area contributed by atoms with Crippen molar-refractivity contribution >= 4 is 5.91 Å². The number of pyridine rings is 1. The van der Waals surface area contributed by atoms with Gasteiger partial charge >= 0.3 is 0 Å². The molecule has 1 saturated carbocycles. The maximum Gasteiger partial charge on any atom is 0.255 e. The van der Waals surface area contributed by atoms with E-state index in [1.54, 1.807) is 6.20 Å². The van der Waals surface area contributed by atoms with Crippen molar-refractivity contribution in [2.45, 2.75) is 51.5 Å². The van der Waals surface area contributed by atoms with Crippen molar-refractivity contribution in [3.63, 3.8) is 0 Å². The van der Waals surface area contributed by atoms with E-state index < -0.39 is 0 Å². The van der Waals surface area contributed by atoms with Crippen molar-refractivity contribution < 1.29 is 4.79 Å². The van der Waals surface area contributed by atoms with Crippen molar-refractivity contribution in [1.29, 1.82) is 0 Å². The van der Waals surface area contributed by atoms with Crippen molar-refractivity contribution in [2.24, 2.45) is 0 Å². The molecular formula is C19H24N4O. The van der Waals surface area contributed by atoms with Crippen LogP contribution in [0.1, 0.15) is 65.2 Å². The van der Waals surface area contributed by atoms with E-state index in [-0.39, 0.29) is 5.91 Å². The molecule has 0 N–H and O–H groups in total. The molecular weight excluding hydrogens is 300 g/mol. The van der Waals surface area contributed by atoms with Gasteiger partial charge in [-0.25, -0.2) is 4.98 Å². The second kappa shape index (κ2) is 6.04. The van der Waals surface area contributed by atoms with Crippen molar-refractivity contribution in [3.8, 4) is 0 Å². The minimum absolute atomic E-state index is 0.0907. The maximum atomic E-state index is 12.7. The second-order valence-electron chi connectivity index (χ2n) is 7.14. The van der Waals surface area contributed by atoms with Crippen LogP contribution < -0.4 is 0 Å². The molecule has 0 radical (unpaired) electrons. The molecule has 1 amide bonds. The Bertz CT molecular complexity index is 745. The minimum atomic E-state index is 0.0907. The molecule has 4 rings (SSSR count). The summed E-state index contributed by atoms with van der Waals surface area (Å²) in [5.74, 6) is 1.94. The van der Waals surface area contributed by atoms with Crippen molar-refractivity contribution in [3.05, 3.63) is 47.3 Å². The first-order valence-electron chi connectivity index (χ1n) is 8.89. The number of hydrogen-bond donors (Lipinski definition) is 0. The zero-order chi connectivity index (χ0) is 16.7. The molecule has 2 aromatic heterocycles. The lowest BCUT2D eigenvalue weighted by Crippen LogP contribution is -2.30. The zero-order valence-corrected chi connectivity index (χ0v) is 14.4. The molecule has 1 saturated heterocycles. The van der Waals surface area contributed by atoms with E-state index in [2.05, 4.69) is 21.5 Å². The van der Waals surface area contributed by atoms with Gasteiger partial charge in [0.25, 0.3) is 5.91 Å². The topological polar surface area (TPSA) is 51.0 Å². The van der Waals surface area contributed by atoms with Gasteiger partial charge in [0.05, 0.1) is 11.6 Å². The van der Waals surface area contributed by atoms with Crippen molar-refractivity contribution in [1.82, 2.24) is 19.4 Å². The van der Waals surface area contributed by atoms with Crippen LogP contribution in [0.25, 0.3) is 0 Å². The van der Waals surface area contributed by atoms with Gasteiger partial charge in [0.1, 0.15) is 5.82 Å². The minimum Gasteiger partial charge on any atom is -0.336 e. The van der Waals surface area contributed by atoms with Crippen LogP contribution in [0.5, 0.6) is 0 Å². The Balaban J connectivity index is 1.51. The quantitative estimate of drug-likeness (QED) is 0.871. The molecule has 1 atom stereocenters. The van der Waals surface area contributed by atoms with E-state index in [1.165, 1.54) is 30.8 Å². The number of aryl methyl sites for hydroxylation is 2. The number of aromatic nitrogens is 3. The molecule has 2 fully saturated rings. The van der Waals surface area contributed by atoms with Gasteiger partial charge < -0.3 is 9.47 Å². The summed E-state index contributed by atoms with van der Waals surface area (Å²) < 4.78 is 2.39. The fourth-order valence-electron chi connectivity index (χ4n) is 3.82. The maximum absolute atomic E-state index is 12.7. The van der Waals surface area contributed by atoms with Crippen LogP contribution in [0.4, 0.5) is 0 Å². The van der Waals surface area contributed by atoms with E-state index in [0.29, 0.717) is 17.5 Å². The molecule has 0 aromatic carbocycles. The monoisotopic (exact) mass is 324 g/mol. The van der Waals surface area contributed by atoms with Gasteiger partial charge in [0, 0.05) is 42.8 Å². The third-order valence-corrected chi connectivity index (χ3v) is 5.45. The zero-order valence-electron chi connectivity index (χ0n) is 14.4. The highest BCUT2D eigenvalue weighted by atomic mass is 16.2. The van der Waals surface area contributed by atoms with Gasteiger partial charge in [0.2, 0.25) is 0 Å². The summed E-state index contributed by atoms with van der Waals surface area (Å²) in [7, 11) is 0. The SMILES string of the molecule is Cc1ccc(C(=O)N2CCC(n3c(C)cnc3C3CCC3)C2)cn1. The van der Waals surface area contributed by atoms with Gasteiger partial charge in [0.15, 0.2) is 0 Å².